The molecule has 1 aromatic carbocycles. The lowest BCUT2D eigenvalue weighted by molar-refractivity contribution is -0.142. The summed E-state index contributed by atoms with van der Waals surface area (Å²) in [4.78, 5) is 30.9. The molecule has 3 heterocycles. The summed E-state index contributed by atoms with van der Waals surface area (Å²) >= 11 is 1.30. The molecular weight excluding hydrogens is 454 g/mol. The predicted octanol–water partition coefficient (Wildman–Crippen LogP) is 3.57. The monoisotopic (exact) mass is 481 g/mol. The Kier molecular flexibility index (Phi) is 7.69. The number of hydrogen-bond donors (Lipinski definition) is 1. The maximum absolute atomic E-state index is 12.9. The van der Waals surface area contributed by atoms with Crippen LogP contribution in [0.2, 0.25) is 0 Å². The van der Waals surface area contributed by atoms with Crippen molar-refractivity contribution in [2.45, 2.75) is 26.2 Å². The Balaban J connectivity index is 1.37. The molecule has 0 spiro atoms. The van der Waals surface area contributed by atoms with Crippen LogP contribution in [0.5, 0.6) is 5.75 Å². The molecule has 34 heavy (non-hydrogen) atoms. The van der Waals surface area contributed by atoms with Gasteiger partial charge in [-0.25, -0.2) is 4.98 Å². The van der Waals surface area contributed by atoms with Crippen LogP contribution in [0, 0.1) is 5.92 Å². The number of hydrogen-bond acceptors (Lipinski definition) is 9. The Morgan fingerprint density at radius 3 is 2.82 bits per heavy atom. The SMILES string of the molecule is CCOC(=O)Cc1csc(NC(=O)[C@@H]2CCCN(c3ccc(-c4ccccc4OC)nn3)C2)n1. The molecule has 9 nitrogen and oxygen atoms in total. The molecule has 1 aliphatic rings. The van der Waals surface area contributed by atoms with Crippen LogP contribution in [0.1, 0.15) is 25.5 Å². The Bertz CT molecular complexity index is 1130. The van der Waals surface area contributed by atoms with Crippen LogP contribution in [0.3, 0.4) is 0 Å². The fraction of sp³-hybridized carbons (Fsp3) is 0.375. The number of para-hydroxylation sites is 1. The van der Waals surface area contributed by atoms with E-state index in [1.165, 1.54) is 11.3 Å². The molecule has 1 amide bonds. The third-order valence-electron chi connectivity index (χ3n) is 5.56. The molecule has 0 bridgehead atoms. The Morgan fingerprint density at radius 1 is 1.21 bits per heavy atom. The number of benzene rings is 1. The van der Waals surface area contributed by atoms with Gasteiger partial charge < -0.3 is 19.7 Å². The van der Waals surface area contributed by atoms with Gasteiger partial charge in [-0.3, -0.25) is 9.59 Å². The van der Waals surface area contributed by atoms with E-state index in [1.54, 1.807) is 19.4 Å². The van der Waals surface area contributed by atoms with Crippen LogP contribution in [-0.2, 0) is 20.7 Å². The largest absolute Gasteiger partial charge is 0.496 e. The molecule has 1 saturated heterocycles. The average molecular weight is 482 g/mol. The summed E-state index contributed by atoms with van der Waals surface area (Å²) < 4.78 is 10.4. The third kappa shape index (κ3) is 5.69. The number of nitrogens with zero attached hydrogens (tertiary/aromatic N) is 4. The number of piperidine rings is 1. The van der Waals surface area contributed by atoms with Crippen molar-refractivity contribution in [2.75, 3.05) is 37.0 Å². The quantitative estimate of drug-likeness (QED) is 0.487. The van der Waals surface area contributed by atoms with E-state index >= 15 is 0 Å². The molecule has 1 atom stereocenters. The van der Waals surface area contributed by atoms with Gasteiger partial charge in [-0.05, 0) is 44.0 Å². The lowest BCUT2D eigenvalue weighted by Gasteiger charge is -2.32. The maximum atomic E-state index is 12.9. The van der Waals surface area contributed by atoms with Crippen LogP contribution in [0.4, 0.5) is 10.9 Å². The van der Waals surface area contributed by atoms with E-state index < -0.39 is 0 Å². The second kappa shape index (κ2) is 11.1. The molecule has 0 aliphatic carbocycles. The first-order chi connectivity index (χ1) is 16.6. The lowest BCUT2D eigenvalue weighted by atomic mass is 9.97. The van der Waals surface area contributed by atoms with E-state index in [9.17, 15) is 9.59 Å². The number of carbonyl (C=O) groups excluding carboxylic acids is 2. The minimum absolute atomic E-state index is 0.0830. The molecule has 1 fully saturated rings. The molecule has 2 aromatic heterocycles. The number of ether oxygens (including phenoxy) is 2. The summed E-state index contributed by atoms with van der Waals surface area (Å²) in [6, 6.07) is 11.5. The summed E-state index contributed by atoms with van der Waals surface area (Å²) in [5.41, 5.74) is 2.20. The van der Waals surface area contributed by atoms with Crippen LogP contribution in [0.25, 0.3) is 11.3 Å². The number of aromatic nitrogens is 3. The number of methoxy groups -OCH3 is 1. The zero-order valence-electron chi connectivity index (χ0n) is 19.2. The summed E-state index contributed by atoms with van der Waals surface area (Å²) in [6.45, 7) is 3.46. The Hall–Kier alpha value is -3.53. The first-order valence-corrected chi connectivity index (χ1v) is 12.1. The van der Waals surface area contributed by atoms with Crippen molar-refractivity contribution < 1.29 is 19.1 Å². The van der Waals surface area contributed by atoms with Gasteiger partial charge in [-0.2, -0.15) is 0 Å². The maximum Gasteiger partial charge on any atom is 0.311 e. The van der Waals surface area contributed by atoms with Gasteiger partial charge in [-0.1, -0.05) is 12.1 Å². The summed E-state index contributed by atoms with van der Waals surface area (Å²) in [5.74, 6) is 0.877. The standard InChI is InChI=1S/C24H27N5O4S/c1-3-33-22(30)13-17-15-34-24(25-17)26-23(31)16-7-6-12-29(14-16)21-11-10-19(27-28-21)18-8-4-5-9-20(18)32-2/h4-5,8-11,15-16H,3,6-7,12-14H2,1-2H3,(H,25,26,31)/t16-/m1/s1. The van der Waals surface area contributed by atoms with Crippen molar-refractivity contribution in [3.8, 4) is 17.0 Å². The topological polar surface area (TPSA) is 107 Å². The van der Waals surface area contributed by atoms with E-state index in [4.69, 9.17) is 9.47 Å². The van der Waals surface area contributed by atoms with Crippen LogP contribution < -0.4 is 15.0 Å². The molecule has 1 N–H and O–H groups in total. The van der Waals surface area contributed by atoms with Gasteiger partial charge in [-0.15, -0.1) is 21.5 Å². The van der Waals surface area contributed by atoms with Gasteiger partial charge in [0.2, 0.25) is 5.91 Å². The predicted molar refractivity (Wildman–Crippen MR) is 130 cm³/mol. The molecule has 0 radical (unpaired) electrons. The molecular formula is C24H27N5O4S. The van der Waals surface area contributed by atoms with Crippen molar-refractivity contribution >= 4 is 34.2 Å². The van der Waals surface area contributed by atoms with Gasteiger partial charge in [0.25, 0.3) is 0 Å². The molecule has 3 aromatic rings. The highest BCUT2D eigenvalue weighted by Crippen LogP contribution is 2.29. The molecule has 178 valence electrons. The highest BCUT2D eigenvalue weighted by molar-refractivity contribution is 7.13. The number of rotatable bonds is 8. The molecule has 4 rings (SSSR count). The number of esters is 1. The summed E-state index contributed by atoms with van der Waals surface area (Å²) in [5, 5.41) is 13.9. The Labute approximate surface area is 202 Å². The first-order valence-electron chi connectivity index (χ1n) is 11.2. The third-order valence-corrected chi connectivity index (χ3v) is 6.37. The lowest BCUT2D eigenvalue weighted by Crippen LogP contribution is -2.41. The van der Waals surface area contributed by atoms with E-state index in [2.05, 4.69) is 25.4 Å². The van der Waals surface area contributed by atoms with Crippen LogP contribution in [0.15, 0.2) is 41.8 Å². The second-order valence-electron chi connectivity index (χ2n) is 7.88. The van der Waals surface area contributed by atoms with E-state index in [0.29, 0.717) is 24.0 Å². The fourth-order valence-electron chi connectivity index (χ4n) is 3.91. The average Bonchev–Trinajstić information content (AvgIpc) is 3.30. The second-order valence-corrected chi connectivity index (χ2v) is 8.74. The van der Waals surface area contributed by atoms with Crippen LogP contribution >= 0.6 is 11.3 Å². The molecule has 10 heteroatoms. The molecule has 0 saturated carbocycles. The minimum atomic E-state index is -0.327. The van der Waals surface area contributed by atoms with Crippen LogP contribution in [-0.4, -0.2) is 53.9 Å². The fourth-order valence-corrected chi connectivity index (χ4v) is 4.62. The van der Waals surface area contributed by atoms with Gasteiger partial charge in [0.05, 0.1) is 37.4 Å². The minimum Gasteiger partial charge on any atom is -0.496 e. The van der Waals surface area contributed by atoms with E-state index in [1.807, 2.05) is 36.4 Å². The van der Waals surface area contributed by atoms with E-state index in [0.717, 1.165) is 42.2 Å². The van der Waals surface area contributed by atoms with Crippen molar-refractivity contribution in [1.29, 1.82) is 0 Å². The van der Waals surface area contributed by atoms with Crippen molar-refractivity contribution in [3.63, 3.8) is 0 Å². The van der Waals surface area contributed by atoms with Gasteiger partial charge in [0.15, 0.2) is 10.9 Å². The van der Waals surface area contributed by atoms with Crippen molar-refractivity contribution in [2.24, 2.45) is 5.92 Å². The zero-order chi connectivity index (χ0) is 23.9. The number of anilines is 2. The highest BCUT2D eigenvalue weighted by Gasteiger charge is 2.27. The van der Waals surface area contributed by atoms with Crippen molar-refractivity contribution in [1.82, 2.24) is 15.2 Å². The first kappa shape index (κ1) is 23.6. The number of amides is 1. The summed E-state index contributed by atoms with van der Waals surface area (Å²) in [6.07, 6.45) is 1.76. The highest BCUT2D eigenvalue weighted by atomic mass is 32.1. The number of thiazole rings is 1. The summed E-state index contributed by atoms with van der Waals surface area (Å²) in [7, 11) is 1.63. The zero-order valence-corrected chi connectivity index (χ0v) is 20.0. The number of nitrogens with one attached hydrogen (secondary N) is 1. The molecule has 1 aliphatic heterocycles. The molecule has 0 unspecified atom stereocenters. The Morgan fingerprint density at radius 2 is 2.06 bits per heavy atom. The van der Waals surface area contributed by atoms with Gasteiger partial charge >= 0.3 is 5.97 Å². The van der Waals surface area contributed by atoms with Gasteiger partial charge in [0, 0.05) is 24.0 Å². The normalized spacial score (nSPS) is 15.6. The van der Waals surface area contributed by atoms with Crippen molar-refractivity contribution in [3.05, 3.63) is 47.5 Å². The smallest absolute Gasteiger partial charge is 0.311 e. The number of carbonyl (C=O) groups is 2. The van der Waals surface area contributed by atoms with Gasteiger partial charge in [0.1, 0.15) is 5.75 Å². The van der Waals surface area contributed by atoms with E-state index in [-0.39, 0.29) is 24.2 Å².